The van der Waals surface area contributed by atoms with E-state index in [1.54, 1.807) is 12.1 Å². The first-order valence-corrected chi connectivity index (χ1v) is 7.20. The molecule has 0 radical (unpaired) electrons. The van der Waals surface area contributed by atoms with Crippen molar-refractivity contribution >= 4 is 17.5 Å². The van der Waals surface area contributed by atoms with Gasteiger partial charge in [-0.3, -0.25) is 9.59 Å². The van der Waals surface area contributed by atoms with Gasteiger partial charge < -0.3 is 5.73 Å². The van der Waals surface area contributed by atoms with Crippen LogP contribution in [0.5, 0.6) is 0 Å². The van der Waals surface area contributed by atoms with E-state index in [1.165, 1.54) is 5.01 Å². The van der Waals surface area contributed by atoms with Crippen LogP contribution < -0.4 is 5.73 Å². The van der Waals surface area contributed by atoms with Crippen molar-refractivity contribution in [3.05, 3.63) is 28.8 Å². The zero-order valence-corrected chi connectivity index (χ0v) is 11.7. The van der Waals surface area contributed by atoms with Crippen molar-refractivity contribution in [2.75, 3.05) is 18.8 Å². The molecule has 2 aliphatic rings. The van der Waals surface area contributed by atoms with E-state index in [-0.39, 0.29) is 11.8 Å². The van der Waals surface area contributed by atoms with Crippen molar-refractivity contribution in [2.24, 2.45) is 0 Å². The second-order valence-electron chi connectivity index (χ2n) is 5.35. The highest BCUT2D eigenvalue weighted by atomic mass is 16.2. The summed E-state index contributed by atoms with van der Waals surface area (Å²) in [5.41, 5.74) is 8.32. The lowest BCUT2D eigenvalue weighted by Gasteiger charge is -2.32. The predicted molar refractivity (Wildman–Crippen MR) is 76.2 cm³/mol. The number of nitrogen functional groups attached to an aromatic ring is 1. The molecule has 3 rings (SSSR count). The quantitative estimate of drug-likeness (QED) is 0.659. The topological polar surface area (TPSA) is 66.6 Å². The lowest BCUT2D eigenvalue weighted by Crippen LogP contribution is -2.48. The van der Waals surface area contributed by atoms with Gasteiger partial charge in [0, 0.05) is 18.8 Å². The minimum Gasteiger partial charge on any atom is -0.398 e. The van der Waals surface area contributed by atoms with Crippen molar-refractivity contribution in [1.29, 1.82) is 0 Å². The van der Waals surface area contributed by atoms with Gasteiger partial charge in [-0.05, 0) is 37.0 Å². The van der Waals surface area contributed by atoms with Crippen LogP contribution in [0.1, 0.15) is 52.5 Å². The van der Waals surface area contributed by atoms with Crippen LogP contribution in [0, 0.1) is 0 Å². The highest BCUT2D eigenvalue weighted by molar-refractivity contribution is 6.22. The molecule has 106 valence electrons. The number of imide groups is 1. The van der Waals surface area contributed by atoms with Gasteiger partial charge in [-0.15, -0.1) is 0 Å². The van der Waals surface area contributed by atoms with Gasteiger partial charge in [-0.1, -0.05) is 13.3 Å². The third-order valence-corrected chi connectivity index (χ3v) is 4.15. The van der Waals surface area contributed by atoms with Crippen LogP contribution in [0.15, 0.2) is 12.1 Å². The SMILES string of the molecule is CCc1c(N)ccc2c1C(=O)N(N1CCCCC1)C2=O. The van der Waals surface area contributed by atoms with Gasteiger partial charge in [0.25, 0.3) is 11.8 Å². The van der Waals surface area contributed by atoms with E-state index in [2.05, 4.69) is 0 Å². The summed E-state index contributed by atoms with van der Waals surface area (Å²) in [6.45, 7) is 3.48. The number of nitrogens with two attached hydrogens (primary N) is 1. The Kier molecular flexibility index (Phi) is 3.22. The molecular weight excluding hydrogens is 254 g/mol. The van der Waals surface area contributed by atoms with Gasteiger partial charge in [-0.25, -0.2) is 10.0 Å². The van der Waals surface area contributed by atoms with Crippen molar-refractivity contribution in [3.8, 4) is 0 Å². The predicted octanol–water partition coefficient (Wildman–Crippen LogP) is 1.83. The number of benzene rings is 1. The van der Waals surface area contributed by atoms with E-state index in [4.69, 9.17) is 5.73 Å². The molecule has 0 atom stereocenters. The molecule has 1 aromatic carbocycles. The average Bonchev–Trinajstić information content (AvgIpc) is 2.72. The number of fused-ring (bicyclic) bond motifs is 1. The van der Waals surface area contributed by atoms with Gasteiger partial charge in [0.05, 0.1) is 11.1 Å². The fourth-order valence-electron chi connectivity index (χ4n) is 3.11. The Labute approximate surface area is 118 Å². The first-order chi connectivity index (χ1) is 9.65. The number of rotatable bonds is 2. The molecule has 2 N–H and O–H groups in total. The lowest BCUT2D eigenvalue weighted by molar-refractivity contribution is -0.00685. The molecule has 1 saturated heterocycles. The van der Waals surface area contributed by atoms with Crippen molar-refractivity contribution < 1.29 is 9.59 Å². The third-order valence-electron chi connectivity index (χ3n) is 4.15. The summed E-state index contributed by atoms with van der Waals surface area (Å²) < 4.78 is 0. The Morgan fingerprint density at radius 1 is 1.10 bits per heavy atom. The van der Waals surface area contributed by atoms with Crippen LogP contribution in [0.3, 0.4) is 0 Å². The Bertz CT molecular complexity index is 577. The summed E-state index contributed by atoms with van der Waals surface area (Å²) in [5.74, 6) is -0.419. The van der Waals surface area contributed by atoms with E-state index >= 15 is 0 Å². The van der Waals surface area contributed by atoms with Crippen LogP contribution >= 0.6 is 0 Å². The number of piperidine rings is 1. The van der Waals surface area contributed by atoms with E-state index in [0.29, 0.717) is 23.2 Å². The molecule has 0 bridgehead atoms. The normalized spacial score (nSPS) is 19.6. The molecule has 20 heavy (non-hydrogen) atoms. The number of hydrazine groups is 1. The number of amides is 2. The van der Waals surface area contributed by atoms with Gasteiger partial charge in [0.2, 0.25) is 0 Å². The molecule has 0 saturated carbocycles. The maximum absolute atomic E-state index is 12.6. The molecule has 2 amide bonds. The zero-order valence-electron chi connectivity index (χ0n) is 11.7. The number of carbonyl (C=O) groups is 2. The number of nitrogens with zero attached hydrogens (tertiary/aromatic N) is 2. The fraction of sp³-hybridized carbons (Fsp3) is 0.467. The smallest absolute Gasteiger partial charge is 0.276 e. The van der Waals surface area contributed by atoms with Crippen LogP contribution in [-0.2, 0) is 6.42 Å². The summed E-state index contributed by atoms with van der Waals surface area (Å²) in [6, 6.07) is 3.40. The van der Waals surface area contributed by atoms with E-state index < -0.39 is 0 Å². The van der Waals surface area contributed by atoms with Gasteiger partial charge >= 0.3 is 0 Å². The molecule has 0 unspecified atom stereocenters. The molecule has 2 heterocycles. The summed E-state index contributed by atoms with van der Waals surface area (Å²) >= 11 is 0. The zero-order chi connectivity index (χ0) is 14.3. The molecular formula is C15H19N3O2. The molecule has 0 spiro atoms. The first-order valence-electron chi connectivity index (χ1n) is 7.20. The second kappa shape index (κ2) is 4.90. The summed E-state index contributed by atoms with van der Waals surface area (Å²) in [6.07, 6.45) is 3.86. The van der Waals surface area contributed by atoms with Crippen molar-refractivity contribution in [2.45, 2.75) is 32.6 Å². The Morgan fingerprint density at radius 3 is 2.45 bits per heavy atom. The fourth-order valence-corrected chi connectivity index (χ4v) is 3.11. The van der Waals surface area contributed by atoms with Gasteiger partial charge in [-0.2, -0.15) is 0 Å². The number of anilines is 1. The first kappa shape index (κ1) is 13.1. The second-order valence-corrected chi connectivity index (χ2v) is 5.35. The minimum absolute atomic E-state index is 0.207. The minimum atomic E-state index is -0.212. The molecule has 0 aliphatic carbocycles. The molecule has 1 aromatic rings. The molecule has 5 nitrogen and oxygen atoms in total. The summed E-state index contributed by atoms with van der Waals surface area (Å²) in [4.78, 5) is 25.2. The van der Waals surface area contributed by atoms with E-state index in [0.717, 1.165) is 37.9 Å². The van der Waals surface area contributed by atoms with Gasteiger partial charge in [0.1, 0.15) is 0 Å². The van der Waals surface area contributed by atoms with Crippen LogP contribution in [0.25, 0.3) is 0 Å². The largest absolute Gasteiger partial charge is 0.398 e. The maximum atomic E-state index is 12.6. The average molecular weight is 273 g/mol. The maximum Gasteiger partial charge on any atom is 0.276 e. The monoisotopic (exact) mass is 273 g/mol. The van der Waals surface area contributed by atoms with E-state index in [9.17, 15) is 9.59 Å². The lowest BCUT2D eigenvalue weighted by atomic mass is 9.99. The molecule has 2 aliphatic heterocycles. The summed E-state index contributed by atoms with van der Waals surface area (Å²) in [7, 11) is 0. The molecule has 1 fully saturated rings. The van der Waals surface area contributed by atoms with Crippen molar-refractivity contribution in [1.82, 2.24) is 10.0 Å². The highest BCUT2D eigenvalue weighted by Gasteiger charge is 2.41. The van der Waals surface area contributed by atoms with Gasteiger partial charge in [0.15, 0.2) is 0 Å². The highest BCUT2D eigenvalue weighted by Crippen LogP contribution is 2.31. The molecule has 5 heteroatoms. The number of hydrogen-bond donors (Lipinski definition) is 1. The number of hydrogen-bond acceptors (Lipinski definition) is 4. The van der Waals surface area contributed by atoms with Crippen LogP contribution in [0.2, 0.25) is 0 Å². The summed E-state index contributed by atoms with van der Waals surface area (Å²) in [5, 5.41) is 3.20. The van der Waals surface area contributed by atoms with Crippen LogP contribution in [-0.4, -0.2) is 34.9 Å². The van der Waals surface area contributed by atoms with Crippen LogP contribution in [0.4, 0.5) is 5.69 Å². The third kappa shape index (κ3) is 1.81. The number of carbonyl (C=O) groups excluding carboxylic acids is 2. The van der Waals surface area contributed by atoms with Crippen molar-refractivity contribution in [3.63, 3.8) is 0 Å². The molecule has 0 aromatic heterocycles. The Balaban J connectivity index is 2.03. The Hall–Kier alpha value is -1.88. The van der Waals surface area contributed by atoms with E-state index in [1.807, 2.05) is 11.9 Å². The Morgan fingerprint density at radius 2 is 1.80 bits per heavy atom. The standard InChI is InChI=1S/C15H19N3O2/c1-2-10-12(16)7-6-11-13(10)15(20)18(14(11)19)17-8-4-3-5-9-17/h6-7H,2-5,8-9,16H2,1H3.